The summed E-state index contributed by atoms with van der Waals surface area (Å²) in [6.07, 6.45) is 0. The van der Waals surface area contributed by atoms with Crippen LogP contribution >= 0.6 is 12.2 Å². The topological polar surface area (TPSA) is 66.9 Å². The Morgan fingerprint density at radius 2 is 1.81 bits per heavy atom. The largest absolute Gasteiger partial charge is 0.345 e. The van der Waals surface area contributed by atoms with Gasteiger partial charge in [0.1, 0.15) is 11.6 Å². The van der Waals surface area contributed by atoms with Crippen LogP contribution in [0.15, 0.2) is 71.5 Å². The molecule has 0 bridgehead atoms. The molecule has 2 N–H and O–H groups in total. The maximum Gasteiger partial charge on any atom is 0.266 e. The molecule has 3 aromatic carbocycles. The summed E-state index contributed by atoms with van der Waals surface area (Å²) in [5, 5.41) is 3.05. The van der Waals surface area contributed by atoms with E-state index in [0.29, 0.717) is 16.6 Å². The molecule has 156 valence electrons. The number of H-pyrrole nitrogens is 1. The second-order valence-electron chi connectivity index (χ2n) is 7.03. The molecule has 1 amide bonds. The molecular weight excluding hydrogens is 420 g/mol. The zero-order valence-electron chi connectivity index (χ0n) is 16.4. The Kier molecular flexibility index (Phi) is 5.48. The van der Waals surface area contributed by atoms with E-state index in [1.165, 1.54) is 22.8 Å². The summed E-state index contributed by atoms with van der Waals surface area (Å²) in [6.45, 7) is 1.60. The molecule has 0 aliphatic carbocycles. The zero-order chi connectivity index (χ0) is 22.1. The van der Waals surface area contributed by atoms with Crippen LogP contribution in [0.2, 0.25) is 0 Å². The van der Waals surface area contributed by atoms with Gasteiger partial charge in [-0.3, -0.25) is 14.2 Å². The number of hydrogen-bond acceptors (Lipinski definition) is 3. The standard InChI is InChI=1S/C23H17F2N3O2S/c1-13(17-10-8-15(24)12-19(17)25)26-21(29)14-7-9-18-20(11-14)27-23(31)28(22(18)30)16-5-3-2-4-6-16/h2-13H,1H3,(H,26,29)(H,27,31). The summed E-state index contributed by atoms with van der Waals surface area (Å²) in [7, 11) is 0. The average Bonchev–Trinajstić information content (AvgIpc) is 2.74. The summed E-state index contributed by atoms with van der Waals surface area (Å²) >= 11 is 5.35. The van der Waals surface area contributed by atoms with Crippen LogP contribution in [-0.2, 0) is 0 Å². The second kappa shape index (κ2) is 8.23. The number of carbonyl (C=O) groups is 1. The molecule has 0 fully saturated rings. The van der Waals surface area contributed by atoms with E-state index in [4.69, 9.17) is 12.2 Å². The van der Waals surface area contributed by atoms with Crippen molar-refractivity contribution in [2.75, 3.05) is 0 Å². The summed E-state index contributed by atoms with van der Waals surface area (Å²) in [5.74, 6) is -1.90. The van der Waals surface area contributed by atoms with Gasteiger partial charge in [0.25, 0.3) is 11.5 Å². The van der Waals surface area contributed by atoms with Gasteiger partial charge in [-0.25, -0.2) is 8.78 Å². The fourth-order valence-corrected chi connectivity index (χ4v) is 3.68. The van der Waals surface area contributed by atoms with Crippen LogP contribution in [-0.4, -0.2) is 15.5 Å². The first-order valence-corrected chi connectivity index (χ1v) is 9.86. The first-order valence-electron chi connectivity index (χ1n) is 9.45. The van der Waals surface area contributed by atoms with E-state index in [2.05, 4.69) is 10.3 Å². The number of aromatic nitrogens is 2. The van der Waals surface area contributed by atoms with Gasteiger partial charge >= 0.3 is 0 Å². The fraction of sp³-hybridized carbons (Fsp3) is 0.0870. The molecule has 4 aromatic rings. The van der Waals surface area contributed by atoms with Gasteiger partial charge in [-0.15, -0.1) is 0 Å². The number of aromatic amines is 1. The number of carbonyl (C=O) groups excluding carboxylic acids is 1. The van der Waals surface area contributed by atoms with Gasteiger partial charge in [0.2, 0.25) is 0 Å². The van der Waals surface area contributed by atoms with E-state index in [0.717, 1.165) is 12.1 Å². The van der Waals surface area contributed by atoms with Crippen molar-refractivity contribution in [1.29, 1.82) is 0 Å². The predicted octanol–water partition coefficient (Wildman–Crippen LogP) is 4.82. The summed E-state index contributed by atoms with van der Waals surface area (Å²) in [6, 6.07) is 16.1. The smallest absolute Gasteiger partial charge is 0.266 e. The van der Waals surface area contributed by atoms with Gasteiger partial charge < -0.3 is 10.3 Å². The number of amides is 1. The Balaban J connectivity index is 1.67. The van der Waals surface area contributed by atoms with Crippen molar-refractivity contribution in [3.63, 3.8) is 0 Å². The minimum Gasteiger partial charge on any atom is -0.345 e. The number of rotatable bonds is 4. The lowest BCUT2D eigenvalue weighted by molar-refractivity contribution is 0.0939. The lowest BCUT2D eigenvalue weighted by Crippen LogP contribution is -2.27. The molecule has 1 aromatic heterocycles. The van der Waals surface area contributed by atoms with Crippen molar-refractivity contribution in [3.8, 4) is 5.69 Å². The van der Waals surface area contributed by atoms with E-state index in [-0.39, 0.29) is 21.5 Å². The Hall–Kier alpha value is -3.65. The third-order valence-electron chi connectivity index (χ3n) is 4.95. The number of hydrogen-bond donors (Lipinski definition) is 2. The highest BCUT2D eigenvalue weighted by Gasteiger charge is 2.16. The predicted molar refractivity (Wildman–Crippen MR) is 117 cm³/mol. The highest BCUT2D eigenvalue weighted by Crippen LogP contribution is 2.19. The molecule has 1 atom stereocenters. The van der Waals surface area contributed by atoms with E-state index in [1.807, 2.05) is 6.07 Å². The SMILES string of the molecule is CC(NC(=O)c1ccc2c(=O)n(-c3ccccc3)c(=S)[nH]c2c1)c1ccc(F)cc1F. The summed E-state index contributed by atoms with van der Waals surface area (Å²) in [5.41, 5.74) is 1.17. The van der Waals surface area contributed by atoms with E-state index in [1.54, 1.807) is 37.3 Å². The molecule has 0 saturated heterocycles. The van der Waals surface area contributed by atoms with Crippen molar-refractivity contribution in [1.82, 2.24) is 14.9 Å². The lowest BCUT2D eigenvalue weighted by atomic mass is 10.1. The summed E-state index contributed by atoms with van der Waals surface area (Å²) in [4.78, 5) is 28.6. The number of nitrogens with one attached hydrogen (secondary N) is 2. The van der Waals surface area contributed by atoms with Crippen LogP contribution in [0.5, 0.6) is 0 Å². The third-order valence-corrected chi connectivity index (χ3v) is 5.24. The fourth-order valence-electron chi connectivity index (χ4n) is 3.38. The third kappa shape index (κ3) is 4.02. The van der Waals surface area contributed by atoms with Gasteiger partial charge in [-0.1, -0.05) is 24.3 Å². The highest BCUT2D eigenvalue weighted by atomic mass is 32.1. The second-order valence-corrected chi connectivity index (χ2v) is 7.41. The number of halogens is 2. The quantitative estimate of drug-likeness (QED) is 0.450. The van der Waals surface area contributed by atoms with Crippen molar-refractivity contribution in [3.05, 3.63) is 105 Å². The molecular formula is C23H17F2N3O2S. The van der Waals surface area contributed by atoms with Crippen molar-refractivity contribution < 1.29 is 13.6 Å². The zero-order valence-corrected chi connectivity index (χ0v) is 17.2. The van der Waals surface area contributed by atoms with Crippen LogP contribution in [0.1, 0.15) is 28.9 Å². The molecule has 4 rings (SSSR count). The highest BCUT2D eigenvalue weighted by molar-refractivity contribution is 7.71. The molecule has 0 saturated carbocycles. The number of nitrogens with zero attached hydrogens (tertiary/aromatic N) is 1. The maximum absolute atomic E-state index is 14.0. The monoisotopic (exact) mass is 437 g/mol. The lowest BCUT2D eigenvalue weighted by Gasteiger charge is -2.15. The van der Waals surface area contributed by atoms with Crippen molar-refractivity contribution in [2.45, 2.75) is 13.0 Å². The van der Waals surface area contributed by atoms with Gasteiger partial charge in [0.15, 0.2) is 4.77 Å². The minimum atomic E-state index is -0.739. The average molecular weight is 437 g/mol. The van der Waals surface area contributed by atoms with Gasteiger partial charge in [0.05, 0.1) is 22.6 Å². The molecule has 31 heavy (non-hydrogen) atoms. The molecule has 1 heterocycles. The maximum atomic E-state index is 14.0. The van der Waals surface area contributed by atoms with Gasteiger partial charge in [-0.05, 0) is 55.5 Å². The Morgan fingerprint density at radius 3 is 2.52 bits per heavy atom. The molecule has 8 heteroatoms. The van der Waals surface area contributed by atoms with Gasteiger partial charge in [-0.2, -0.15) is 0 Å². The van der Waals surface area contributed by atoms with Crippen LogP contribution in [0.25, 0.3) is 16.6 Å². The van der Waals surface area contributed by atoms with Crippen LogP contribution < -0.4 is 10.9 Å². The molecule has 5 nitrogen and oxygen atoms in total. The van der Waals surface area contributed by atoms with Gasteiger partial charge in [0, 0.05) is 17.2 Å². The molecule has 0 spiro atoms. The first kappa shape index (κ1) is 20.6. The number of para-hydroxylation sites is 1. The number of benzene rings is 3. The van der Waals surface area contributed by atoms with Crippen LogP contribution in [0, 0.1) is 16.4 Å². The molecule has 1 unspecified atom stereocenters. The summed E-state index contributed by atoms with van der Waals surface area (Å²) < 4.78 is 28.7. The van der Waals surface area contributed by atoms with E-state index < -0.39 is 23.6 Å². The van der Waals surface area contributed by atoms with E-state index >= 15 is 0 Å². The van der Waals surface area contributed by atoms with Crippen molar-refractivity contribution >= 4 is 29.0 Å². The Morgan fingerprint density at radius 1 is 1.06 bits per heavy atom. The molecule has 0 aliphatic heterocycles. The normalized spacial score (nSPS) is 12.0. The minimum absolute atomic E-state index is 0.167. The molecule has 0 aliphatic rings. The Bertz CT molecular complexity index is 1410. The molecule has 0 radical (unpaired) electrons. The van der Waals surface area contributed by atoms with Crippen molar-refractivity contribution in [2.24, 2.45) is 0 Å². The number of fused-ring (bicyclic) bond motifs is 1. The first-order chi connectivity index (χ1) is 14.8. The van der Waals surface area contributed by atoms with E-state index in [9.17, 15) is 18.4 Å². The van der Waals surface area contributed by atoms with Crippen LogP contribution in [0.4, 0.5) is 8.78 Å². The Labute approximate surface area is 181 Å². The van der Waals surface area contributed by atoms with Crippen LogP contribution in [0.3, 0.4) is 0 Å².